The molecule has 0 bridgehead atoms. The van der Waals surface area contributed by atoms with Gasteiger partial charge in [0.2, 0.25) is 5.91 Å². The van der Waals surface area contributed by atoms with Gasteiger partial charge in [0.15, 0.2) is 0 Å². The first-order valence-corrected chi connectivity index (χ1v) is 8.87. The lowest BCUT2D eigenvalue weighted by Gasteiger charge is -2.38. The predicted molar refractivity (Wildman–Crippen MR) is 97.4 cm³/mol. The van der Waals surface area contributed by atoms with Crippen LogP contribution in [0.15, 0.2) is 30.3 Å². The quantitative estimate of drug-likeness (QED) is 0.876. The highest BCUT2D eigenvalue weighted by molar-refractivity contribution is 5.93. The maximum Gasteiger partial charge on any atom is 0.271 e. The number of hydrogen-bond acceptors (Lipinski definition) is 5. The van der Waals surface area contributed by atoms with Crippen molar-refractivity contribution in [3.05, 3.63) is 36.0 Å². The van der Waals surface area contributed by atoms with E-state index < -0.39 is 5.60 Å². The van der Waals surface area contributed by atoms with Crippen LogP contribution in [0.4, 0.5) is 0 Å². The Morgan fingerprint density at radius 2 is 2.07 bits per heavy atom. The second-order valence-electron chi connectivity index (χ2n) is 7.09. The van der Waals surface area contributed by atoms with Crippen molar-refractivity contribution in [2.75, 3.05) is 40.4 Å². The largest absolute Gasteiger partial charge is 0.497 e. The number of H-pyrrole nitrogens is 1. The third kappa shape index (κ3) is 3.28. The van der Waals surface area contributed by atoms with Crippen molar-refractivity contribution in [1.29, 1.82) is 0 Å². The molecule has 0 aliphatic carbocycles. The molecule has 4 rings (SSSR count). The Labute approximate surface area is 157 Å². The van der Waals surface area contributed by atoms with Crippen molar-refractivity contribution >= 4 is 11.8 Å². The number of carbonyl (C=O) groups is 2. The van der Waals surface area contributed by atoms with E-state index in [1.165, 1.54) is 0 Å². The Morgan fingerprint density at radius 3 is 2.78 bits per heavy atom. The molecule has 0 unspecified atom stereocenters. The minimum absolute atomic E-state index is 0.0249. The summed E-state index contributed by atoms with van der Waals surface area (Å²) in [7, 11) is 3.39. The van der Waals surface area contributed by atoms with Crippen molar-refractivity contribution in [3.8, 4) is 17.0 Å². The molecular weight excluding hydrogens is 348 g/mol. The summed E-state index contributed by atoms with van der Waals surface area (Å²) in [5.41, 5.74) is 1.59. The molecular formula is C19H22N4O4. The molecule has 8 nitrogen and oxygen atoms in total. The molecule has 1 N–H and O–H groups in total. The van der Waals surface area contributed by atoms with Gasteiger partial charge in [-0.15, -0.1) is 0 Å². The van der Waals surface area contributed by atoms with E-state index in [1.807, 2.05) is 24.3 Å². The molecule has 1 aromatic heterocycles. The third-order valence-corrected chi connectivity index (χ3v) is 5.25. The van der Waals surface area contributed by atoms with Crippen LogP contribution in [-0.4, -0.2) is 77.8 Å². The third-order valence-electron chi connectivity index (χ3n) is 5.25. The zero-order chi connectivity index (χ0) is 19.0. The number of nitrogens with one attached hydrogen (secondary N) is 1. The number of nitrogens with zero attached hydrogens (tertiary/aromatic N) is 3. The van der Waals surface area contributed by atoms with Gasteiger partial charge in [0.1, 0.15) is 23.7 Å². The van der Waals surface area contributed by atoms with Crippen LogP contribution in [-0.2, 0) is 9.53 Å². The van der Waals surface area contributed by atoms with Crippen LogP contribution in [0.5, 0.6) is 5.75 Å². The number of methoxy groups -OCH3 is 1. The molecule has 0 radical (unpaired) electrons. The highest BCUT2D eigenvalue weighted by Crippen LogP contribution is 2.30. The Hall–Kier alpha value is -2.87. The van der Waals surface area contributed by atoms with Gasteiger partial charge >= 0.3 is 0 Å². The van der Waals surface area contributed by atoms with E-state index in [2.05, 4.69) is 10.2 Å². The SMILES string of the molecule is COc1ccc(-c2cc(C(=O)N3CC[C@@]4(CN(C)C(=O)CO4)C3)[nH]n2)cc1. The molecule has 1 spiro atoms. The van der Waals surface area contributed by atoms with E-state index in [0.717, 1.165) is 17.7 Å². The first kappa shape index (κ1) is 17.5. The van der Waals surface area contributed by atoms with Crippen LogP contribution in [0.25, 0.3) is 11.3 Å². The van der Waals surface area contributed by atoms with E-state index in [0.29, 0.717) is 31.0 Å². The van der Waals surface area contributed by atoms with Crippen LogP contribution in [0, 0.1) is 0 Å². The van der Waals surface area contributed by atoms with Crippen LogP contribution >= 0.6 is 0 Å². The highest BCUT2D eigenvalue weighted by Gasteiger charge is 2.45. The molecule has 27 heavy (non-hydrogen) atoms. The number of carbonyl (C=O) groups excluding carboxylic acids is 2. The maximum absolute atomic E-state index is 12.9. The molecule has 2 amide bonds. The number of hydrogen-bond donors (Lipinski definition) is 1. The highest BCUT2D eigenvalue weighted by atomic mass is 16.5. The van der Waals surface area contributed by atoms with Gasteiger partial charge in [0, 0.05) is 19.2 Å². The van der Waals surface area contributed by atoms with Gasteiger partial charge in [-0.1, -0.05) is 0 Å². The van der Waals surface area contributed by atoms with Crippen molar-refractivity contribution in [3.63, 3.8) is 0 Å². The number of rotatable bonds is 3. The summed E-state index contributed by atoms with van der Waals surface area (Å²) in [5.74, 6) is 0.634. The van der Waals surface area contributed by atoms with Crippen LogP contribution < -0.4 is 4.74 Å². The molecule has 1 atom stereocenters. The molecule has 1 aromatic carbocycles. The van der Waals surface area contributed by atoms with E-state index >= 15 is 0 Å². The summed E-state index contributed by atoms with van der Waals surface area (Å²) in [6.07, 6.45) is 0.718. The van der Waals surface area contributed by atoms with Crippen LogP contribution in [0.3, 0.4) is 0 Å². The summed E-state index contributed by atoms with van der Waals surface area (Å²) >= 11 is 0. The molecule has 2 aromatic rings. The molecule has 2 saturated heterocycles. The number of ether oxygens (including phenoxy) is 2. The topological polar surface area (TPSA) is 87.8 Å². The van der Waals surface area contributed by atoms with Gasteiger partial charge in [-0.2, -0.15) is 5.10 Å². The van der Waals surface area contributed by atoms with Gasteiger partial charge in [0.05, 0.1) is 25.9 Å². The molecule has 0 saturated carbocycles. The number of aromatic amines is 1. The standard InChI is InChI=1S/C19H22N4O4/c1-22-11-19(27-10-17(22)24)7-8-23(12-19)18(25)16-9-15(20-21-16)13-3-5-14(26-2)6-4-13/h3-6,9H,7-8,10-12H2,1-2H3,(H,20,21)/t19-/m1/s1. The Kier molecular flexibility index (Phi) is 4.35. The summed E-state index contributed by atoms with van der Waals surface area (Å²) in [4.78, 5) is 27.9. The Morgan fingerprint density at radius 1 is 1.30 bits per heavy atom. The predicted octanol–water partition coefficient (Wildman–Crippen LogP) is 1.16. The van der Waals surface area contributed by atoms with Gasteiger partial charge in [-0.05, 0) is 36.8 Å². The van der Waals surface area contributed by atoms with Crippen molar-refractivity contribution < 1.29 is 19.1 Å². The molecule has 8 heteroatoms. The minimum atomic E-state index is -0.461. The molecule has 142 valence electrons. The van der Waals surface area contributed by atoms with E-state index in [-0.39, 0.29) is 18.4 Å². The fourth-order valence-electron chi connectivity index (χ4n) is 3.67. The number of amides is 2. The lowest BCUT2D eigenvalue weighted by atomic mass is 10.0. The number of aromatic nitrogens is 2. The molecule has 2 aliphatic rings. The number of benzene rings is 1. The lowest BCUT2D eigenvalue weighted by molar-refractivity contribution is -0.158. The van der Waals surface area contributed by atoms with Crippen molar-refractivity contribution in [1.82, 2.24) is 20.0 Å². The second-order valence-corrected chi connectivity index (χ2v) is 7.09. The zero-order valence-electron chi connectivity index (χ0n) is 15.4. The summed E-state index contributed by atoms with van der Waals surface area (Å²) < 4.78 is 11.0. The van der Waals surface area contributed by atoms with E-state index in [9.17, 15) is 9.59 Å². The summed E-state index contributed by atoms with van der Waals surface area (Å²) in [5, 5.41) is 7.10. The fraction of sp³-hybridized carbons (Fsp3) is 0.421. The van der Waals surface area contributed by atoms with Gasteiger partial charge in [0.25, 0.3) is 5.91 Å². The van der Waals surface area contributed by atoms with Crippen LogP contribution in [0.1, 0.15) is 16.9 Å². The van der Waals surface area contributed by atoms with Gasteiger partial charge in [-0.3, -0.25) is 14.7 Å². The fourth-order valence-corrected chi connectivity index (χ4v) is 3.67. The monoisotopic (exact) mass is 370 g/mol. The zero-order valence-corrected chi connectivity index (χ0v) is 15.4. The number of likely N-dealkylation sites (N-methyl/N-ethyl adjacent to an activating group) is 1. The first-order chi connectivity index (χ1) is 13.0. The molecule has 3 heterocycles. The average Bonchev–Trinajstić information content (AvgIpc) is 3.33. The average molecular weight is 370 g/mol. The van der Waals surface area contributed by atoms with Crippen LogP contribution in [0.2, 0.25) is 0 Å². The Balaban J connectivity index is 1.46. The van der Waals surface area contributed by atoms with Gasteiger partial charge < -0.3 is 19.3 Å². The summed E-state index contributed by atoms with van der Waals surface area (Å²) in [6, 6.07) is 9.27. The maximum atomic E-state index is 12.9. The second kappa shape index (κ2) is 6.70. The number of likely N-dealkylation sites (tertiary alicyclic amines) is 1. The van der Waals surface area contributed by atoms with E-state index in [1.54, 1.807) is 30.0 Å². The number of morpholine rings is 1. The Bertz CT molecular complexity index is 863. The smallest absolute Gasteiger partial charge is 0.271 e. The van der Waals surface area contributed by atoms with E-state index in [4.69, 9.17) is 9.47 Å². The van der Waals surface area contributed by atoms with Crippen molar-refractivity contribution in [2.24, 2.45) is 0 Å². The first-order valence-electron chi connectivity index (χ1n) is 8.87. The molecule has 2 fully saturated rings. The van der Waals surface area contributed by atoms with Gasteiger partial charge in [-0.25, -0.2) is 0 Å². The normalized spacial score (nSPS) is 22.5. The lowest BCUT2D eigenvalue weighted by Crippen LogP contribution is -2.54. The minimum Gasteiger partial charge on any atom is -0.497 e. The summed E-state index contributed by atoms with van der Waals surface area (Å²) in [6.45, 7) is 1.65. The molecule has 2 aliphatic heterocycles. The van der Waals surface area contributed by atoms with Crippen molar-refractivity contribution in [2.45, 2.75) is 12.0 Å².